The van der Waals surface area contributed by atoms with Gasteiger partial charge in [0.1, 0.15) is 0 Å². The number of amides is 1. The molecule has 1 rings (SSSR count). The first kappa shape index (κ1) is 12.7. The first-order valence-electron chi connectivity index (χ1n) is 5.67. The van der Waals surface area contributed by atoms with Crippen LogP contribution in [0.4, 0.5) is 5.69 Å². The second-order valence-electron chi connectivity index (χ2n) is 3.72. The van der Waals surface area contributed by atoms with Crippen molar-refractivity contribution in [3.8, 4) is 0 Å². The van der Waals surface area contributed by atoms with E-state index in [1.165, 1.54) is 0 Å². The number of rotatable bonds is 7. The Morgan fingerprint density at radius 2 is 1.94 bits per heavy atom. The van der Waals surface area contributed by atoms with Crippen LogP contribution >= 0.6 is 0 Å². The van der Waals surface area contributed by atoms with E-state index in [1.807, 2.05) is 30.3 Å². The Hall–Kier alpha value is -1.35. The Labute approximate surface area is 96.8 Å². The van der Waals surface area contributed by atoms with Crippen LogP contribution in [-0.2, 0) is 9.53 Å². The Balaban J connectivity index is 2.12. The number of anilines is 1. The predicted molar refractivity (Wildman–Crippen MR) is 65.4 cm³/mol. The molecular formula is C13H19NO2. The molecule has 3 nitrogen and oxygen atoms in total. The lowest BCUT2D eigenvalue weighted by Gasteiger charge is -2.04. The molecule has 0 aromatic heterocycles. The SMILES string of the molecule is COCCCCCC(=O)Nc1ccccc1. The summed E-state index contributed by atoms with van der Waals surface area (Å²) in [6.45, 7) is 0.778. The standard InChI is InChI=1S/C13H19NO2/c1-16-11-7-3-6-10-13(15)14-12-8-4-2-5-9-12/h2,4-5,8-9H,3,6-7,10-11H2,1H3,(H,14,15). The zero-order valence-corrected chi connectivity index (χ0v) is 9.74. The van der Waals surface area contributed by atoms with Gasteiger partial charge in [-0.3, -0.25) is 4.79 Å². The summed E-state index contributed by atoms with van der Waals surface area (Å²) in [4.78, 5) is 11.5. The highest BCUT2D eigenvalue weighted by Gasteiger charge is 2.01. The number of methoxy groups -OCH3 is 1. The summed E-state index contributed by atoms with van der Waals surface area (Å²) in [6, 6.07) is 9.54. The molecule has 0 unspecified atom stereocenters. The van der Waals surface area contributed by atoms with E-state index in [0.29, 0.717) is 6.42 Å². The maximum Gasteiger partial charge on any atom is 0.224 e. The monoisotopic (exact) mass is 221 g/mol. The van der Waals surface area contributed by atoms with Gasteiger partial charge < -0.3 is 10.1 Å². The Bertz CT molecular complexity index is 298. The Kier molecular flexibility index (Phi) is 6.26. The van der Waals surface area contributed by atoms with E-state index in [0.717, 1.165) is 31.6 Å². The van der Waals surface area contributed by atoms with Crippen LogP contribution in [0.15, 0.2) is 30.3 Å². The summed E-state index contributed by atoms with van der Waals surface area (Å²) in [5.74, 6) is 0.0867. The number of hydrogen-bond donors (Lipinski definition) is 1. The minimum Gasteiger partial charge on any atom is -0.385 e. The Morgan fingerprint density at radius 1 is 1.19 bits per heavy atom. The molecule has 0 bridgehead atoms. The van der Waals surface area contributed by atoms with Crippen molar-refractivity contribution in [3.05, 3.63) is 30.3 Å². The fourth-order valence-corrected chi connectivity index (χ4v) is 1.45. The van der Waals surface area contributed by atoms with Crippen molar-refractivity contribution in [1.82, 2.24) is 0 Å². The van der Waals surface area contributed by atoms with Gasteiger partial charge in [0.2, 0.25) is 5.91 Å². The van der Waals surface area contributed by atoms with E-state index in [4.69, 9.17) is 4.74 Å². The second-order valence-corrected chi connectivity index (χ2v) is 3.72. The first-order chi connectivity index (χ1) is 7.83. The summed E-state index contributed by atoms with van der Waals surface area (Å²) >= 11 is 0. The molecule has 0 radical (unpaired) electrons. The van der Waals surface area contributed by atoms with Crippen LogP contribution < -0.4 is 5.32 Å². The van der Waals surface area contributed by atoms with Crippen molar-refractivity contribution in [2.75, 3.05) is 19.0 Å². The molecule has 0 saturated heterocycles. The van der Waals surface area contributed by atoms with Gasteiger partial charge in [-0.15, -0.1) is 0 Å². The molecule has 16 heavy (non-hydrogen) atoms. The van der Waals surface area contributed by atoms with Crippen molar-refractivity contribution >= 4 is 11.6 Å². The van der Waals surface area contributed by atoms with Gasteiger partial charge in [0.05, 0.1) is 0 Å². The third kappa shape index (κ3) is 5.51. The zero-order valence-electron chi connectivity index (χ0n) is 9.74. The van der Waals surface area contributed by atoms with E-state index >= 15 is 0 Å². The van der Waals surface area contributed by atoms with Crippen LogP contribution in [0.3, 0.4) is 0 Å². The number of carbonyl (C=O) groups excluding carboxylic acids is 1. The fraction of sp³-hybridized carbons (Fsp3) is 0.462. The molecule has 0 fully saturated rings. The van der Waals surface area contributed by atoms with Gasteiger partial charge in [-0.25, -0.2) is 0 Å². The van der Waals surface area contributed by atoms with Crippen LogP contribution in [0.25, 0.3) is 0 Å². The van der Waals surface area contributed by atoms with Crippen molar-refractivity contribution in [2.24, 2.45) is 0 Å². The van der Waals surface area contributed by atoms with Crippen molar-refractivity contribution < 1.29 is 9.53 Å². The number of para-hydroxylation sites is 1. The molecule has 0 aliphatic heterocycles. The van der Waals surface area contributed by atoms with Gasteiger partial charge in [0.25, 0.3) is 0 Å². The molecule has 3 heteroatoms. The van der Waals surface area contributed by atoms with Gasteiger partial charge in [-0.1, -0.05) is 24.6 Å². The number of benzene rings is 1. The molecule has 0 heterocycles. The van der Waals surface area contributed by atoms with Crippen LogP contribution in [0, 0.1) is 0 Å². The maximum absolute atomic E-state index is 11.5. The van der Waals surface area contributed by atoms with Crippen molar-refractivity contribution in [3.63, 3.8) is 0 Å². The number of hydrogen-bond acceptors (Lipinski definition) is 2. The molecule has 88 valence electrons. The summed E-state index contributed by atoms with van der Waals surface area (Å²) < 4.78 is 4.94. The van der Waals surface area contributed by atoms with Crippen LogP contribution in [0.1, 0.15) is 25.7 Å². The van der Waals surface area contributed by atoms with E-state index in [9.17, 15) is 4.79 Å². The lowest BCUT2D eigenvalue weighted by Crippen LogP contribution is -2.10. The second kappa shape index (κ2) is 7.88. The average molecular weight is 221 g/mol. The van der Waals surface area contributed by atoms with Gasteiger partial charge >= 0.3 is 0 Å². The van der Waals surface area contributed by atoms with Gasteiger partial charge in [0.15, 0.2) is 0 Å². The molecule has 1 aromatic rings. The molecular weight excluding hydrogens is 202 g/mol. The third-order valence-electron chi connectivity index (χ3n) is 2.31. The van der Waals surface area contributed by atoms with Crippen LogP contribution in [0.5, 0.6) is 0 Å². The van der Waals surface area contributed by atoms with E-state index in [-0.39, 0.29) is 5.91 Å². The third-order valence-corrected chi connectivity index (χ3v) is 2.31. The quantitative estimate of drug-likeness (QED) is 0.719. The highest BCUT2D eigenvalue weighted by atomic mass is 16.5. The van der Waals surface area contributed by atoms with E-state index in [2.05, 4.69) is 5.32 Å². The van der Waals surface area contributed by atoms with Gasteiger partial charge in [-0.05, 0) is 25.0 Å². The molecule has 0 saturated carbocycles. The van der Waals surface area contributed by atoms with E-state index < -0.39 is 0 Å². The molecule has 1 amide bonds. The highest BCUT2D eigenvalue weighted by Crippen LogP contribution is 2.07. The molecule has 0 aliphatic rings. The molecule has 0 spiro atoms. The smallest absolute Gasteiger partial charge is 0.224 e. The lowest BCUT2D eigenvalue weighted by atomic mass is 10.2. The Morgan fingerprint density at radius 3 is 2.62 bits per heavy atom. The van der Waals surface area contributed by atoms with Crippen molar-refractivity contribution in [1.29, 1.82) is 0 Å². The zero-order chi connectivity index (χ0) is 11.6. The summed E-state index contributed by atoms with van der Waals surface area (Å²) in [7, 11) is 1.70. The van der Waals surface area contributed by atoms with Crippen LogP contribution in [-0.4, -0.2) is 19.6 Å². The van der Waals surface area contributed by atoms with Crippen LogP contribution in [0.2, 0.25) is 0 Å². The summed E-state index contributed by atoms with van der Waals surface area (Å²) in [5, 5.41) is 2.86. The number of unbranched alkanes of at least 4 members (excludes halogenated alkanes) is 2. The topological polar surface area (TPSA) is 38.3 Å². The van der Waals surface area contributed by atoms with Gasteiger partial charge in [0, 0.05) is 25.8 Å². The minimum atomic E-state index is 0.0867. The summed E-state index contributed by atoms with van der Waals surface area (Å²) in [5.41, 5.74) is 0.865. The number of nitrogens with one attached hydrogen (secondary N) is 1. The van der Waals surface area contributed by atoms with Gasteiger partial charge in [-0.2, -0.15) is 0 Å². The summed E-state index contributed by atoms with van der Waals surface area (Å²) in [6.07, 6.45) is 3.56. The normalized spacial score (nSPS) is 10.1. The molecule has 1 N–H and O–H groups in total. The van der Waals surface area contributed by atoms with Crippen molar-refractivity contribution in [2.45, 2.75) is 25.7 Å². The predicted octanol–water partition coefficient (Wildman–Crippen LogP) is 2.83. The lowest BCUT2D eigenvalue weighted by molar-refractivity contribution is -0.116. The molecule has 1 aromatic carbocycles. The van der Waals surface area contributed by atoms with E-state index in [1.54, 1.807) is 7.11 Å². The number of ether oxygens (including phenoxy) is 1. The number of carbonyl (C=O) groups is 1. The first-order valence-corrected chi connectivity index (χ1v) is 5.67. The molecule has 0 atom stereocenters. The maximum atomic E-state index is 11.5. The average Bonchev–Trinajstić information content (AvgIpc) is 2.30. The largest absolute Gasteiger partial charge is 0.385 e. The fourth-order valence-electron chi connectivity index (χ4n) is 1.45. The highest BCUT2D eigenvalue weighted by molar-refractivity contribution is 5.90. The molecule has 0 aliphatic carbocycles. The minimum absolute atomic E-state index is 0.0867.